The Bertz CT molecular complexity index is 125. The molecule has 0 saturated heterocycles. The van der Waals surface area contributed by atoms with Crippen molar-refractivity contribution in [3.05, 3.63) is 0 Å². The quantitative estimate of drug-likeness (QED) is 0.289. The van der Waals surface area contributed by atoms with Gasteiger partial charge < -0.3 is 4.89 Å². The van der Waals surface area contributed by atoms with Crippen LogP contribution in [-0.4, -0.2) is 18.6 Å². The van der Waals surface area contributed by atoms with Gasteiger partial charge in [-0.25, -0.2) is 9.45 Å². The van der Waals surface area contributed by atoms with Crippen LogP contribution in [0.2, 0.25) is 0 Å². The van der Waals surface area contributed by atoms with E-state index in [4.69, 9.17) is 4.89 Å². The van der Waals surface area contributed by atoms with E-state index in [2.05, 4.69) is 14.1 Å². The van der Waals surface area contributed by atoms with Crippen LogP contribution in [0.25, 0.3) is 0 Å². The van der Waals surface area contributed by atoms with Crippen LogP contribution in [0, 0.1) is 0 Å². The molecule has 0 fully saturated rings. The highest BCUT2D eigenvalue weighted by molar-refractivity contribution is 7.47. The fraction of sp³-hybridized carbons (Fsp3) is 1.00. The average Bonchev–Trinajstić information content (AvgIpc) is 1.89. The molecule has 1 atom stereocenters. The zero-order chi connectivity index (χ0) is 8.04. The minimum Gasteiger partial charge on any atom is -0.301 e. The van der Waals surface area contributed by atoms with Crippen LogP contribution in [0.5, 0.6) is 0 Å². The van der Waals surface area contributed by atoms with Crippen molar-refractivity contribution in [3.63, 3.8) is 0 Å². The normalized spacial score (nSPS) is 16.7. The van der Waals surface area contributed by atoms with Gasteiger partial charge in [-0.15, -0.1) is 4.67 Å². The summed E-state index contributed by atoms with van der Waals surface area (Å²) >= 11 is 0. The van der Waals surface area contributed by atoms with E-state index in [0.29, 0.717) is 6.42 Å². The summed E-state index contributed by atoms with van der Waals surface area (Å²) in [4.78, 5) is 12.8. The van der Waals surface area contributed by atoms with E-state index >= 15 is 0 Å². The van der Waals surface area contributed by atoms with Crippen LogP contribution in [0.15, 0.2) is 0 Å². The molecule has 0 bridgehead atoms. The second-order valence-corrected chi connectivity index (χ2v) is 3.00. The Labute approximate surface area is 59.4 Å². The third-order valence-corrected chi connectivity index (χ3v) is 1.42. The van der Waals surface area contributed by atoms with E-state index in [9.17, 15) is 4.57 Å². The zero-order valence-corrected chi connectivity index (χ0v) is 6.84. The van der Waals surface area contributed by atoms with E-state index in [1.54, 1.807) is 0 Å². The van der Waals surface area contributed by atoms with E-state index in [1.165, 1.54) is 0 Å². The summed E-state index contributed by atoms with van der Waals surface area (Å²) in [6.07, 6.45) is 0.712. The van der Waals surface area contributed by atoms with E-state index in [-0.39, 0.29) is 6.61 Å². The van der Waals surface area contributed by atoms with Crippen molar-refractivity contribution in [2.24, 2.45) is 0 Å². The van der Waals surface area contributed by atoms with Gasteiger partial charge in [-0.2, -0.15) is 0 Å². The SMILES string of the molecule is CCCOOP(=O)(O)OC. The first-order chi connectivity index (χ1) is 4.62. The monoisotopic (exact) mass is 170 g/mol. The summed E-state index contributed by atoms with van der Waals surface area (Å²) in [5.41, 5.74) is 0. The zero-order valence-electron chi connectivity index (χ0n) is 5.94. The maximum atomic E-state index is 10.4. The first-order valence-corrected chi connectivity index (χ1v) is 4.31. The summed E-state index contributed by atoms with van der Waals surface area (Å²) in [5.74, 6) is 0. The van der Waals surface area contributed by atoms with Gasteiger partial charge in [0.2, 0.25) is 0 Å². The number of hydrogen-bond acceptors (Lipinski definition) is 4. The lowest BCUT2D eigenvalue weighted by Crippen LogP contribution is -1.94. The predicted molar refractivity (Wildman–Crippen MR) is 34.2 cm³/mol. The van der Waals surface area contributed by atoms with Crippen LogP contribution >= 0.6 is 7.82 Å². The van der Waals surface area contributed by atoms with Gasteiger partial charge in [0.05, 0.1) is 6.61 Å². The molecule has 0 aliphatic rings. The molecule has 62 valence electrons. The van der Waals surface area contributed by atoms with Gasteiger partial charge in [0.15, 0.2) is 0 Å². The van der Waals surface area contributed by atoms with E-state index < -0.39 is 7.82 Å². The van der Waals surface area contributed by atoms with E-state index in [1.807, 2.05) is 6.92 Å². The molecular formula is C4H11O5P. The summed E-state index contributed by atoms with van der Waals surface area (Å²) in [7, 11) is -2.86. The predicted octanol–water partition coefficient (Wildman–Crippen LogP) is 1.09. The molecule has 0 aliphatic carbocycles. The number of phosphoric acid groups is 1. The van der Waals surface area contributed by atoms with Gasteiger partial charge in [-0.3, -0.25) is 4.52 Å². The Hall–Kier alpha value is 0.0700. The minimum absolute atomic E-state index is 0.272. The van der Waals surface area contributed by atoms with Crippen LogP contribution in [-0.2, 0) is 18.7 Å². The topological polar surface area (TPSA) is 65.0 Å². The first-order valence-electron chi connectivity index (χ1n) is 2.82. The second kappa shape index (κ2) is 4.82. The number of phosphoric ester groups is 1. The van der Waals surface area contributed by atoms with Crippen LogP contribution in [0.3, 0.4) is 0 Å². The molecule has 1 unspecified atom stereocenters. The highest BCUT2D eigenvalue weighted by Crippen LogP contribution is 2.41. The molecule has 10 heavy (non-hydrogen) atoms. The van der Waals surface area contributed by atoms with Gasteiger partial charge in [0, 0.05) is 7.11 Å². The standard InChI is InChI=1S/C4H11O5P/c1-3-4-8-9-10(5,6)7-2/h3-4H2,1-2H3,(H,5,6). The lowest BCUT2D eigenvalue weighted by Gasteiger charge is -2.06. The maximum absolute atomic E-state index is 10.4. The molecule has 5 nitrogen and oxygen atoms in total. The van der Waals surface area contributed by atoms with Gasteiger partial charge >= 0.3 is 7.82 Å². The maximum Gasteiger partial charge on any atom is 0.499 e. The third-order valence-electron chi connectivity index (χ3n) is 0.665. The summed E-state index contributed by atoms with van der Waals surface area (Å²) in [6.45, 7) is 2.12. The molecule has 0 amide bonds. The Kier molecular flexibility index (Phi) is 4.85. The molecule has 0 saturated carbocycles. The molecule has 0 heterocycles. The Morgan fingerprint density at radius 3 is 2.60 bits per heavy atom. The fourth-order valence-corrected chi connectivity index (χ4v) is 0.486. The van der Waals surface area contributed by atoms with Crippen LogP contribution in [0.4, 0.5) is 0 Å². The van der Waals surface area contributed by atoms with Gasteiger partial charge in [-0.1, -0.05) is 6.92 Å². The molecular weight excluding hydrogens is 159 g/mol. The van der Waals surface area contributed by atoms with Crippen LogP contribution < -0.4 is 0 Å². The smallest absolute Gasteiger partial charge is 0.301 e. The minimum atomic E-state index is -3.93. The molecule has 6 heteroatoms. The molecule has 0 rings (SSSR count). The largest absolute Gasteiger partial charge is 0.499 e. The fourth-order valence-electron chi connectivity index (χ4n) is 0.218. The Morgan fingerprint density at radius 1 is 1.60 bits per heavy atom. The van der Waals surface area contributed by atoms with Gasteiger partial charge in [0.25, 0.3) is 0 Å². The molecule has 0 aromatic rings. The van der Waals surface area contributed by atoms with Crippen molar-refractivity contribution >= 4 is 7.82 Å². The molecule has 0 spiro atoms. The van der Waals surface area contributed by atoms with Crippen molar-refractivity contribution in [2.75, 3.05) is 13.7 Å². The second-order valence-electron chi connectivity index (χ2n) is 1.55. The summed E-state index contributed by atoms with van der Waals surface area (Å²) < 4.78 is 18.5. The molecule has 1 N–H and O–H groups in total. The number of rotatable bonds is 5. The Morgan fingerprint density at radius 2 is 2.20 bits per heavy atom. The first kappa shape index (κ1) is 10.1. The van der Waals surface area contributed by atoms with Crippen molar-refractivity contribution < 1.29 is 23.5 Å². The van der Waals surface area contributed by atoms with Gasteiger partial charge in [0.1, 0.15) is 0 Å². The highest BCUT2D eigenvalue weighted by atomic mass is 31.2. The average molecular weight is 170 g/mol. The number of hydrogen-bond donors (Lipinski definition) is 1. The van der Waals surface area contributed by atoms with Crippen LogP contribution in [0.1, 0.15) is 13.3 Å². The Balaban J connectivity index is 3.38. The van der Waals surface area contributed by atoms with Crippen molar-refractivity contribution in [1.29, 1.82) is 0 Å². The van der Waals surface area contributed by atoms with Gasteiger partial charge in [-0.05, 0) is 6.42 Å². The highest BCUT2D eigenvalue weighted by Gasteiger charge is 2.19. The van der Waals surface area contributed by atoms with Crippen molar-refractivity contribution in [3.8, 4) is 0 Å². The molecule has 0 aromatic heterocycles. The van der Waals surface area contributed by atoms with Crippen molar-refractivity contribution in [1.82, 2.24) is 0 Å². The summed E-state index contributed by atoms with van der Waals surface area (Å²) in [6, 6.07) is 0. The van der Waals surface area contributed by atoms with Crippen molar-refractivity contribution in [2.45, 2.75) is 13.3 Å². The third kappa shape index (κ3) is 4.90. The molecule has 0 aliphatic heterocycles. The molecule has 0 aromatic carbocycles. The lowest BCUT2D eigenvalue weighted by molar-refractivity contribution is -0.223. The molecule has 0 radical (unpaired) electrons. The van der Waals surface area contributed by atoms with E-state index in [0.717, 1.165) is 7.11 Å². The lowest BCUT2D eigenvalue weighted by atomic mass is 10.5. The summed E-state index contributed by atoms with van der Waals surface area (Å²) in [5, 5.41) is 0.